The Labute approximate surface area is 104 Å². The van der Waals surface area contributed by atoms with Crippen LogP contribution in [0.2, 0.25) is 0 Å². The highest BCUT2D eigenvalue weighted by molar-refractivity contribution is 5.86. The van der Waals surface area contributed by atoms with Crippen molar-refractivity contribution in [2.24, 2.45) is 0 Å². The molecular formula is C12H15N3O3. The van der Waals surface area contributed by atoms with Gasteiger partial charge in [-0.2, -0.15) is 4.98 Å². The number of hydrogen-bond donors (Lipinski definition) is 2. The molecule has 1 aliphatic heterocycles. The number of aromatic nitrogens is 1. The Hall–Kier alpha value is -1.79. The first-order valence-corrected chi connectivity index (χ1v) is 5.90. The van der Waals surface area contributed by atoms with E-state index in [2.05, 4.69) is 4.98 Å². The monoisotopic (exact) mass is 249 g/mol. The van der Waals surface area contributed by atoms with Gasteiger partial charge in [-0.1, -0.05) is 6.07 Å². The lowest BCUT2D eigenvalue weighted by Crippen LogP contribution is -2.44. The number of morpholine rings is 1. The summed E-state index contributed by atoms with van der Waals surface area (Å²) >= 11 is 0. The molecule has 3 rings (SSSR count). The molecule has 0 saturated carbocycles. The molecule has 6 nitrogen and oxygen atoms in total. The number of aliphatic hydroxyl groups excluding tert-OH is 1. The minimum atomic E-state index is -0.189. The number of aliphatic hydroxyl groups is 1. The van der Waals surface area contributed by atoms with Crippen molar-refractivity contribution >= 4 is 22.8 Å². The maximum absolute atomic E-state index is 9.12. The normalized spacial score (nSPS) is 20.5. The molecule has 0 amide bonds. The van der Waals surface area contributed by atoms with Crippen LogP contribution in [-0.2, 0) is 4.74 Å². The van der Waals surface area contributed by atoms with Crippen molar-refractivity contribution < 1.29 is 14.3 Å². The predicted molar refractivity (Wildman–Crippen MR) is 67.5 cm³/mol. The molecule has 6 heteroatoms. The van der Waals surface area contributed by atoms with Gasteiger partial charge in [-0.05, 0) is 12.1 Å². The van der Waals surface area contributed by atoms with Crippen LogP contribution in [0.1, 0.15) is 0 Å². The number of fused-ring (bicyclic) bond motifs is 1. The maximum atomic E-state index is 9.12. The summed E-state index contributed by atoms with van der Waals surface area (Å²) in [5, 5.41) is 9.12. The zero-order valence-corrected chi connectivity index (χ0v) is 9.87. The van der Waals surface area contributed by atoms with E-state index in [4.69, 9.17) is 20.0 Å². The largest absolute Gasteiger partial charge is 0.423 e. The summed E-state index contributed by atoms with van der Waals surface area (Å²) in [6, 6.07) is 6.00. The Morgan fingerprint density at radius 1 is 1.50 bits per heavy atom. The van der Waals surface area contributed by atoms with Crippen LogP contribution in [0.15, 0.2) is 22.6 Å². The van der Waals surface area contributed by atoms with E-state index in [1.54, 1.807) is 6.07 Å². The van der Waals surface area contributed by atoms with E-state index >= 15 is 0 Å². The molecule has 1 fully saturated rings. The summed E-state index contributed by atoms with van der Waals surface area (Å²) in [5.74, 6) is 0. The van der Waals surface area contributed by atoms with Crippen molar-refractivity contribution in [2.45, 2.75) is 6.10 Å². The van der Waals surface area contributed by atoms with E-state index in [1.807, 2.05) is 17.0 Å². The summed E-state index contributed by atoms with van der Waals surface area (Å²) in [7, 11) is 0. The number of para-hydroxylation sites is 1. The minimum Gasteiger partial charge on any atom is -0.423 e. The van der Waals surface area contributed by atoms with Crippen LogP contribution in [0.3, 0.4) is 0 Å². The Kier molecular flexibility index (Phi) is 2.81. The number of hydrogen-bond acceptors (Lipinski definition) is 6. The van der Waals surface area contributed by atoms with Gasteiger partial charge in [0.2, 0.25) is 0 Å². The third-order valence-corrected chi connectivity index (χ3v) is 3.05. The second-order valence-corrected chi connectivity index (χ2v) is 4.31. The fraction of sp³-hybridized carbons (Fsp3) is 0.417. The standard InChI is InChI=1S/C12H15N3O3/c13-9-2-1-3-10-11(9)14-12(18-10)15-4-5-17-8(6-15)7-16/h1-3,8,16H,4-7,13H2. The molecule has 1 unspecified atom stereocenters. The van der Waals surface area contributed by atoms with Crippen LogP contribution >= 0.6 is 0 Å². The minimum absolute atomic E-state index is 0.00112. The number of nitrogen functional groups attached to an aromatic ring is 1. The molecule has 1 aliphatic rings. The molecule has 2 heterocycles. The molecule has 96 valence electrons. The third kappa shape index (κ3) is 1.89. The summed E-state index contributed by atoms with van der Waals surface area (Å²) in [6.45, 7) is 1.82. The lowest BCUT2D eigenvalue weighted by molar-refractivity contribution is 0.00236. The quantitative estimate of drug-likeness (QED) is 0.758. The van der Waals surface area contributed by atoms with Crippen molar-refractivity contribution in [1.82, 2.24) is 4.98 Å². The van der Waals surface area contributed by atoms with Crippen LogP contribution < -0.4 is 10.6 Å². The van der Waals surface area contributed by atoms with E-state index < -0.39 is 0 Å². The smallest absolute Gasteiger partial charge is 0.298 e. The Morgan fingerprint density at radius 3 is 3.17 bits per heavy atom. The van der Waals surface area contributed by atoms with Gasteiger partial charge in [0.1, 0.15) is 5.52 Å². The second-order valence-electron chi connectivity index (χ2n) is 4.31. The highest BCUT2D eigenvalue weighted by Crippen LogP contribution is 2.26. The van der Waals surface area contributed by atoms with Crippen LogP contribution in [0.5, 0.6) is 0 Å². The van der Waals surface area contributed by atoms with Gasteiger partial charge in [0.15, 0.2) is 5.58 Å². The molecule has 1 saturated heterocycles. The molecule has 0 spiro atoms. The molecule has 1 aromatic heterocycles. The number of ether oxygens (including phenoxy) is 1. The van der Waals surface area contributed by atoms with Gasteiger partial charge in [-0.25, -0.2) is 0 Å². The van der Waals surface area contributed by atoms with Crippen molar-refractivity contribution in [2.75, 3.05) is 36.9 Å². The topological polar surface area (TPSA) is 84.8 Å². The summed E-state index contributed by atoms with van der Waals surface area (Å²) in [4.78, 5) is 6.36. The van der Waals surface area contributed by atoms with Gasteiger partial charge in [-0.3, -0.25) is 0 Å². The summed E-state index contributed by atoms with van der Waals surface area (Å²) in [6.07, 6.45) is -0.189. The first kappa shape index (κ1) is 11.3. The number of nitrogens with two attached hydrogens (primary N) is 1. The van der Waals surface area contributed by atoms with Crippen molar-refractivity contribution in [3.63, 3.8) is 0 Å². The van der Waals surface area contributed by atoms with E-state index in [-0.39, 0.29) is 12.7 Å². The van der Waals surface area contributed by atoms with E-state index in [9.17, 15) is 0 Å². The molecule has 2 aromatic rings. The fourth-order valence-electron chi connectivity index (χ4n) is 2.10. The Morgan fingerprint density at radius 2 is 2.39 bits per heavy atom. The molecular weight excluding hydrogens is 234 g/mol. The number of anilines is 2. The summed E-state index contributed by atoms with van der Waals surface area (Å²) < 4.78 is 11.1. The molecule has 18 heavy (non-hydrogen) atoms. The zero-order chi connectivity index (χ0) is 12.5. The van der Waals surface area contributed by atoms with Crippen molar-refractivity contribution in [3.8, 4) is 0 Å². The number of benzene rings is 1. The molecule has 1 aromatic carbocycles. The highest BCUT2D eigenvalue weighted by atomic mass is 16.5. The molecule has 0 bridgehead atoms. The molecule has 3 N–H and O–H groups in total. The summed E-state index contributed by atoms with van der Waals surface area (Å²) in [5.41, 5.74) is 7.81. The average Bonchev–Trinajstić information content (AvgIpc) is 2.84. The second kappa shape index (κ2) is 4.47. The van der Waals surface area contributed by atoms with Gasteiger partial charge in [0, 0.05) is 6.54 Å². The average molecular weight is 249 g/mol. The zero-order valence-electron chi connectivity index (χ0n) is 9.87. The van der Waals surface area contributed by atoms with E-state index in [0.29, 0.717) is 42.5 Å². The van der Waals surface area contributed by atoms with Crippen LogP contribution in [-0.4, -0.2) is 42.5 Å². The van der Waals surface area contributed by atoms with Gasteiger partial charge in [0.05, 0.1) is 31.5 Å². The van der Waals surface area contributed by atoms with E-state index in [1.165, 1.54) is 0 Å². The first-order valence-electron chi connectivity index (χ1n) is 5.90. The number of nitrogens with zero attached hydrogens (tertiary/aromatic N) is 2. The first-order chi connectivity index (χ1) is 8.78. The van der Waals surface area contributed by atoms with Crippen molar-refractivity contribution in [1.29, 1.82) is 0 Å². The van der Waals surface area contributed by atoms with Gasteiger partial charge in [0.25, 0.3) is 6.01 Å². The highest BCUT2D eigenvalue weighted by Gasteiger charge is 2.23. The van der Waals surface area contributed by atoms with Crippen molar-refractivity contribution in [3.05, 3.63) is 18.2 Å². The number of oxazole rings is 1. The van der Waals surface area contributed by atoms with Gasteiger partial charge < -0.3 is 24.9 Å². The lowest BCUT2D eigenvalue weighted by atomic mass is 10.3. The SMILES string of the molecule is Nc1cccc2oc(N3CCOC(CO)C3)nc12. The predicted octanol–water partition coefficient (Wildman–Crippen LogP) is 0.607. The van der Waals surface area contributed by atoms with Gasteiger partial charge in [-0.15, -0.1) is 0 Å². The molecule has 0 radical (unpaired) electrons. The maximum Gasteiger partial charge on any atom is 0.298 e. The van der Waals surface area contributed by atoms with Crippen LogP contribution in [0, 0.1) is 0 Å². The molecule has 1 atom stereocenters. The molecule has 0 aliphatic carbocycles. The van der Waals surface area contributed by atoms with Crippen LogP contribution in [0.4, 0.5) is 11.7 Å². The number of rotatable bonds is 2. The lowest BCUT2D eigenvalue weighted by Gasteiger charge is -2.30. The Bertz CT molecular complexity index is 554. The fourth-order valence-corrected chi connectivity index (χ4v) is 2.10. The van der Waals surface area contributed by atoms with E-state index in [0.717, 1.165) is 0 Å². The third-order valence-electron chi connectivity index (χ3n) is 3.05. The van der Waals surface area contributed by atoms with Crippen LogP contribution in [0.25, 0.3) is 11.1 Å². The Balaban J connectivity index is 1.92. The van der Waals surface area contributed by atoms with Gasteiger partial charge >= 0.3 is 0 Å².